The molecule has 1 aromatic heterocycles. The lowest BCUT2D eigenvalue weighted by Crippen LogP contribution is -2.24. The molecule has 3 nitrogen and oxygen atoms in total. The molecule has 4 aromatic rings. The van der Waals surface area contributed by atoms with Gasteiger partial charge in [-0.15, -0.1) is 11.3 Å². The molecule has 0 aliphatic rings. The van der Waals surface area contributed by atoms with E-state index in [1.54, 1.807) is 0 Å². The molecule has 3 aromatic carbocycles. The quantitative estimate of drug-likeness (QED) is 0.466. The lowest BCUT2D eigenvalue weighted by atomic mass is 10.1. The smallest absolute Gasteiger partial charge is 0.407 e. The lowest BCUT2D eigenvalue weighted by Gasteiger charge is -2.05. The van der Waals surface area contributed by atoms with E-state index in [1.165, 1.54) is 20.2 Å². The fourth-order valence-electron chi connectivity index (χ4n) is 2.96. The Morgan fingerprint density at radius 1 is 0.926 bits per heavy atom. The molecule has 0 unspecified atom stereocenters. The zero-order valence-corrected chi connectivity index (χ0v) is 15.5. The van der Waals surface area contributed by atoms with Gasteiger partial charge in [0, 0.05) is 26.7 Å². The van der Waals surface area contributed by atoms with Crippen LogP contribution < -0.4 is 5.32 Å². The normalized spacial score (nSPS) is 11.3. The van der Waals surface area contributed by atoms with E-state index >= 15 is 0 Å². The first-order valence-corrected chi connectivity index (χ1v) is 9.64. The van der Waals surface area contributed by atoms with Crippen LogP contribution in [0.4, 0.5) is 4.79 Å². The monoisotopic (exact) mass is 373 g/mol. The minimum Gasteiger partial charge on any atom is -0.445 e. The van der Waals surface area contributed by atoms with Gasteiger partial charge < -0.3 is 10.1 Å². The first-order chi connectivity index (χ1) is 13.3. The average molecular weight is 373 g/mol. The van der Waals surface area contributed by atoms with Crippen molar-refractivity contribution in [2.45, 2.75) is 6.61 Å². The van der Waals surface area contributed by atoms with Gasteiger partial charge in [-0.05, 0) is 29.3 Å². The molecule has 0 saturated carbocycles. The second-order valence-corrected chi connectivity index (χ2v) is 7.28. The molecule has 27 heavy (non-hydrogen) atoms. The molecule has 1 heterocycles. The third-order valence-electron chi connectivity index (χ3n) is 4.29. The second kappa shape index (κ2) is 8.06. The number of fused-ring (bicyclic) bond motifs is 3. The van der Waals surface area contributed by atoms with Crippen molar-refractivity contribution in [3.05, 3.63) is 90.0 Å². The summed E-state index contributed by atoms with van der Waals surface area (Å²) in [6.07, 6.45) is 3.53. The summed E-state index contributed by atoms with van der Waals surface area (Å²) >= 11 is 1.81. The molecule has 0 fully saturated rings. The molecule has 1 amide bonds. The summed E-state index contributed by atoms with van der Waals surface area (Å²) in [4.78, 5) is 11.7. The third kappa shape index (κ3) is 4.18. The van der Waals surface area contributed by atoms with Crippen LogP contribution in [0.1, 0.15) is 11.1 Å². The number of thiophene rings is 1. The number of hydrogen-bond donors (Lipinski definition) is 1. The van der Waals surface area contributed by atoms with E-state index in [2.05, 4.69) is 47.8 Å². The summed E-state index contributed by atoms with van der Waals surface area (Å²) in [5.41, 5.74) is 2.09. The van der Waals surface area contributed by atoms with Gasteiger partial charge in [0.1, 0.15) is 6.61 Å². The molecular weight excluding hydrogens is 354 g/mol. The van der Waals surface area contributed by atoms with Crippen LogP contribution in [0.25, 0.3) is 26.2 Å². The number of hydrogen-bond acceptors (Lipinski definition) is 3. The first kappa shape index (κ1) is 17.3. The molecule has 0 bridgehead atoms. The van der Waals surface area contributed by atoms with E-state index in [9.17, 15) is 4.79 Å². The zero-order valence-electron chi connectivity index (χ0n) is 14.7. The highest BCUT2D eigenvalue weighted by atomic mass is 32.1. The van der Waals surface area contributed by atoms with Crippen LogP contribution >= 0.6 is 11.3 Å². The predicted octanol–water partition coefficient (Wildman–Crippen LogP) is 5.99. The van der Waals surface area contributed by atoms with E-state index in [1.807, 2.05) is 53.8 Å². The summed E-state index contributed by atoms with van der Waals surface area (Å²) in [6, 6.07) is 24.5. The number of rotatable bonds is 5. The molecule has 0 aliphatic carbocycles. The maximum Gasteiger partial charge on any atom is 0.407 e. The Morgan fingerprint density at radius 3 is 2.59 bits per heavy atom. The van der Waals surface area contributed by atoms with Crippen LogP contribution in [0.15, 0.2) is 78.9 Å². The van der Waals surface area contributed by atoms with Crippen molar-refractivity contribution in [3.63, 3.8) is 0 Å². The van der Waals surface area contributed by atoms with E-state index in [0.717, 1.165) is 11.1 Å². The van der Waals surface area contributed by atoms with Gasteiger partial charge in [-0.2, -0.15) is 0 Å². The molecule has 134 valence electrons. The maximum atomic E-state index is 11.7. The highest BCUT2D eigenvalue weighted by Crippen LogP contribution is 2.34. The number of carbonyl (C=O) groups is 1. The molecule has 4 rings (SSSR count). The van der Waals surface area contributed by atoms with Gasteiger partial charge in [0.15, 0.2) is 0 Å². The summed E-state index contributed by atoms with van der Waals surface area (Å²) in [5, 5.41) is 5.30. The van der Waals surface area contributed by atoms with Crippen molar-refractivity contribution < 1.29 is 9.53 Å². The minimum atomic E-state index is -0.414. The topological polar surface area (TPSA) is 38.3 Å². The third-order valence-corrected chi connectivity index (χ3v) is 5.44. The average Bonchev–Trinajstić information content (AvgIpc) is 3.08. The molecule has 0 aliphatic heterocycles. The molecule has 0 atom stereocenters. The number of benzene rings is 3. The van der Waals surface area contributed by atoms with Crippen LogP contribution in [0.2, 0.25) is 0 Å². The highest BCUT2D eigenvalue weighted by Gasteiger charge is 2.04. The highest BCUT2D eigenvalue weighted by molar-refractivity contribution is 7.25. The number of ether oxygens (including phenoxy) is 1. The minimum absolute atomic E-state index is 0.276. The number of alkyl carbamates (subject to hydrolysis) is 1. The van der Waals surface area contributed by atoms with Crippen molar-refractivity contribution in [2.75, 3.05) is 6.54 Å². The van der Waals surface area contributed by atoms with Crippen molar-refractivity contribution in [1.29, 1.82) is 0 Å². The summed E-state index contributed by atoms with van der Waals surface area (Å²) in [7, 11) is 0. The van der Waals surface area contributed by atoms with E-state index in [0.29, 0.717) is 6.54 Å². The van der Waals surface area contributed by atoms with Crippen LogP contribution in [0, 0.1) is 0 Å². The van der Waals surface area contributed by atoms with Gasteiger partial charge in [0.2, 0.25) is 0 Å². The number of nitrogens with one attached hydrogen (secondary N) is 1. The largest absolute Gasteiger partial charge is 0.445 e. The number of amides is 1. The van der Waals surface area contributed by atoms with Crippen LogP contribution in [-0.2, 0) is 11.3 Å². The van der Waals surface area contributed by atoms with E-state index < -0.39 is 6.09 Å². The second-order valence-electron chi connectivity index (χ2n) is 6.20. The fourth-order valence-corrected chi connectivity index (χ4v) is 4.05. The maximum absolute atomic E-state index is 11.7. The summed E-state index contributed by atoms with van der Waals surface area (Å²) < 4.78 is 7.78. The Kier molecular flexibility index (Phi) is 5.17. The Morgan fingerprint density at radius 2 is 1.70 bits per heavy atom. The van der Waals surface area contributed by atoms with Crippen LogP contribution in [-0.4, -0.2) is 12.6 Å². The molecule has 0 saturated heterocycles. The zero-order chi connectivity index (χ0) is 18.5. The van der Waals surface area contributed by atoms with Gasteiger partial charge in [0.05, 0.1) is 0 Å². The predicted molar refractivity (Wildman–Crippen MR) is 113 cm³/mol. The van der Waals surface area contributed by atoms with Gasteiger partial charge in [-0.3, -0.25) is 0 Å². The fraction of sp³-hybridized carbons (Fsp3) is 0.0870. The molecular formula is C23H19NO2S. The Hall–Kier alpha value is -3.11. The summed E-state index contributed by atoms with van der Waals surface area (Å²) in [5.74, 6) is 0. The summed E-state index contributed by atoms with van der Waals surface area (Å²) in [6.45, 7) is 0.703. The lowest BCUT2D eigenvalue weighted by molar-refractivity contribution is 0.141. The van der Waals surface area contributed by atoms with Crippen molar-refractivity contribution >= 4 is 43.7 Å². The molecule has 0 spiro atoms. The van der Waals surface area contributed by atoms with Crippen LogP contribution in [0.5, 0.6) is 0 Å². The standard InChI is InChI=1S/C23H19NO2S/c25-23(26-16-18-7-2-1-3-8-18)24-14-6-9-17-12-13-22-20(15-17)19-10-4-5-11-21(19)27-22/h1-13,15H,14,16H2,(H,24,25). The Bertz CT molecular complexity index is 1100. The SMILES string of the molecule is O=C(NCC=Cc1ccc2sc3ccccc3c2c1)OCc1ccccc1. The molecule has 4 heteroatoms. The van der Waals surface area contributed by atoms with Crippen molar-refractivity contribution in [2.24, 2.45) is 0 Å². The Labute approximate surface area is 161 Å². The van der Waals surface area contributed by atoms with Crippen molar-refractivity contribution in [1.82, 2.24) is 5.32 Å². The molecule has 1 N–H and O–H groups in total. The number of carbonyl (C=O) groups excluding carboxylic acids is 1. The first-order valence-electron chi connectivity index (χ1n) is 8.82. The van der Waals surface area contributed by atoms with Crippen LogP contribution in [0.3, 0.4) is 0 Å². The van der Waals surface area contributed by atoms with Gasteiger partial charge >= 0.3 is 6.09 Å². The van der Waals surface area contributed by atoms with E-state index in [4.69, 9.17) is 4.74 Å². The van der Waals surface area contributed by atoms with Gasteiger partial charge in [-0.1, -0.05) is 66.7 Å². The molecule has 0 radical (unpaired) electrons. The van der Waals surface area contributed by atoms with Gasteiger partial charge in [0.25, 0.3) is 0 Å². The Balaban J connectivity index is 1.34. The van der Waals surface area contributed by atoms with Crippen molar-refractivity contribution in [3.8, 4) is 0 Å². The van der Waals surface area contributed by atoms with Gasteiger partial charge in [-0.25, -0.2) is 4.79 Å². The van der Waals surface area contributed by atoms with E-state index in [-0.39, 0.29) is 6.61 Å².